The Morgan fingerprint density at radius 1 is 1.41 bits per heavy atom. The first-order valence-corrected chi connectivity index (χ1v) is 6.61. The van der Waals surface area contributed by atoms with E-state index in [0.717, 1.165) is 12.2 Å². The standard InChI is InChI=1S/C13H14N2OS/c1-14-9-6-13(16)15(7-9)11-8-17-12-5-3-2-4-10(11)12/h2-5,8-9,14H,6-7H2,1H3. The molecule has 1 atom stereocenters. The molecule has 88 valence electrons. The first kappa shape index (κ1) is 10.7. The topological polar surface area (TPSA) is 32.3 Å². The van der Waals surface area contributed by atoms with Gasteiger partial charge in [-0.15, -0.1) is 11.3 Å². The van der Waals surface area contributed by atoms with E-state index in [1.54, 1.807) is 11.3 Å². The van der Waals surface area contributed by atoms with Gasteiger partial charge in [-0.05, 0) is 13.1 Å². The molecule has 3 rings (SSSR count). The molecule has 1 amide bonds. The number of likely N-dealkylation sites (N-methyl/N-ethyl adjacent to an activating group) is 1. The molecular formula is C13H14N2OS. The molecule has 0 aliphatic carbocycles. The van der Waals surface area contributed by atoms with Gasteiger partial charge in [0.05, 0.1) is 5.69 Å². The van der Waals surface area contributed by atoms with Crippen LogP contribution in [0.1, 0.15) is 6.42 Å². The largest absolute Gasteiger partial charge is 0.315 e. The Hall–Kier alpha value is -1.39. The van der Waals surface area contributed by atoms with Crippen LogP contribution in [-0.2, 0) is 4.79 Å². The minimum atomic E-state index is 0.216. The van der Waals surface area contributed by atoms with Gasteiger partial charge in [0.1, 0.15) is 0 Å². The second-order valence-corrected chi connectivity index (χ2v) is 5.22. The number of fused-ring (bicyclic) bond motifs is 1. The molecule has 1 aromatic heterocycles. The Bertz CT molecular complexity index is 563. The fourth-order valence-electron chi connectivity index (χ4n) is 2.31. The summed E-state index contributed by atoms with van der Waals surface area (Å²) in [5.74, 6) is 0.216. The Labute approximate surface area is 104 Å². The number of nitrogens with one attached hydrogen (secondary N) is 1. The highest BCUT2D eigenvalue weighted by atomic mass is 32.1. The lowest BCUT2D eigenvalue weighted by molar-refractivity contribution is -0.117. The van der Waals surface area contributed by atoms with Crippen molar-refractivity contribution in [2.24, 2.45) is 0 Å². The SMILES string of the molecule is CNC1CC(=O)N(c2csc3ccccc23)C1. The molecule has 1 fully saturated rings. The van der Waals surface area contributed by atoms with Gasteiger partial charge >= 0.3 is 0 Å². The molecule has 0 bridgehead atoms. The number of amides is 1. The molecule has 2 aromatic rings. The molecule has 4 heteroatoms. The van der Waals surface area contributed by atoms with E-state index in [2.05, 4.69) is 22.8 Å². The molecular weight excluding hydrogens is 232 g/mol. The summed E-state index contributed by atoms with van der Waals surface area (Å²) in [6.45, 7) is 0.774. The van der Waals surface area contributed by atoms with E-state index >= 15 is 0 Å². The molecule has 0 radical (unpaired) electrons. The maximum Gasteiger partial charge on any atom is 0.228 e. The van der Waals surface area contributed by atoms with Crippen LogP contribution in [0, 0.1) is 0 Å². The molecule has 0 saturated carbocycles. The number of benzene rings is 1. The zero-order chi connectivity index (χ0) is 11.8. The summed E-state index contributed by atoms with van der Waals surface area (Å²) >= 11 is 1.70. The van der Waals surface area contributed by atoms with Crippen molar-refractivity contribution in [1.29, 1.82) is 0 Å². The van der Waals surface area contributed by atoms with E-state index in [1.165, 1.54) is 10.1 Å². The average Bonchev–Trinajstić information content (AvgIpc) is 2.92. The van der Waals surface area contributed by atoms with Crippen LogP contribution < -0.4 is 10.2 Å². The Morgan fingerprint density at radius 2 is 2.24 bits per heavy atom. The summed E-state index contributed by atoms with van der Waals surface area (Å²) in [7, 11) is 1.91. The van der Waals surface area contributed by atoms with Gasteiger partial charge in [0.15, 0.2) is 0 Å². The quantitative estimate of drug-likeness (QED) is 0.881. The summed E-state index contributed by atoms with van der Waals surface area (Å²) in [4.78, 5) is 13.9. The third-order valence-electron chi connectivity index (χ3n) is 3.28. The van der Waals surface area contributed by atoms with Crippen LogP contribution in [0.15, 0.2) is 29.6 Å². The van der Waals surface area contributed by atoms with Crippen molar-refractivity contribution < 1.29 is 4.79 Å². The predicted octanol–water partition coefficient (Wildman–Crippen LogP) is 2.23. The summed E-state index contributed by atoms with van der Waals surface area (Å²) < 4.78 is 1.24. The zero-order valence-corrected chi connectivity index (χ0v) is 10.5. The number of carbonyl (C=O) groups is 1. The number of hydrogen-bond donors (Lipinski definition) is 1. The van der Waals surface area contributed by atoms with Crippen molar-refractivity contribution in [2.45, 2.75) is 12.5 Å². The molecule has 0 spiro atoms. The Balaban J connectivity index is 2.02. The second-order valence-electron chi connectivity index (χ2n) is 4.31. The molecule has 1 unspecified atom stereocenters. The molecule has 1 aliphatic heterocycles. The first-order valence-electron chi connectivity index (χ1n) is 5.73. The van der Waals surface area contributed by atoms with Crippen LogP contribution in [-0.4, -0.2) is 25.5 Å². The molecule has 2 heterocycles. The number of thiophene rings is 1. The summed E-state index contributed by atoms with van der Waals surface area (Å²) in [5.41, 5.74) is 1.06. The molecule has 1 aromatic carbocycles. The third-order valence-corrected chi connectivity index (χ3v) is 4.24. The Kier molecular flexibility index (Phi) is 2.61. The van der Waals surface area contributed by atoms with Gasteiger partial charge in [-0.1, -0.05) is 18.2 Å². The fraction of sp³-hybridized carbons (Fsp3) is 0.308. The van der Waals surface area contributed by atoms with Crippen molar-refractivity contribution in [1.82, 2.24) is 5.32 Å². The highest BCUT2D eigenvalue weighted by molar-refractivity contribution is 7.17. The molecule has 1 N–H and O–H groups in total. The van der Waals surface area contributed by atoms with Crippen LogP contribution in [0.3, 0.4) is 0 Å². The van der Waals surface area contributed by atoms with Gasteiger partial charge in [0.2, 0.25) is 5.91 Å². The molecule has 3 nitrogen and oxygen atoms in total. The number of anilines is 1. The van der Waals surface area contributed by atoms with E-state index in [1.807, 2.05) is 24.1 Å². The minimum absolute atomic E-state index is 0.216. The van der Waals surface area contributed by atoms with Gasteiger partial charge < -0.3 is 10.2 Å². The summed E-state index contributed by atoms with van der Waals surface area (Å²) in [5, 5.41) is 6.44. The Morgan fingerprint density at radius 3 is 3.00 bits per heavy atom. The van der Waals surface area contributed by atoms with Gasteiger partial charge in [-0.2, -0.15) is 0 Å². The fourth-order valence-corrected chi connectivity index (χ4v) is 3.26. The van der Waals surface area contributed by atoms with E-state index in [-0.39, 0.29) is 11.9 Å². The highest BCUT2D eigenvalue weighted by Gasteiger charge is 2.30. The van der Waals surface area contributed by atoms with Gasteiger partial charge in [-0.3, -0.25) is 4.79 Å². The van der Waals surface area contributed by atoms with Crippen LogP contribution in [0.25, 0.3) is 10.1 Å². The van der Waals surface area contributed by atoms with E-state index < -0.39 is 0 Å². The van der Waals surface area contributed by atoms with Crippen molar-refractivity contribution in [3.8, 4) is 0 Å². The maximum atomic E-state index is 12.0. The van der Waals surface area contributed by atoms with Crippen LogP contribution in [0.4, 0.5) is 5.69 Å². The monoisotopic (exact) mass is 246 g/mol. The number of rotatable bonds is 2. The minimum Gasteiger partial charge on any atom is -0.315 e. The maximum absolute atomic E-state index is 12.0. The number of hydrogen-bond acceptors (Lipinski definition) is 3. The smallest absolute Gasteiger partial charge is 0.228 e. The lowest BCUT2D eigenvalue weighted by Gasteiger charge is -2.15. The molecule has 17 heavy (non-hydrogen) atoms. The van der Waals surface area contributed by atoms with Gasteiger partial charge in [0, 0.05) is 34.5 Å². The lowest BCUT2D eigenvalue weighted by Crippen LogP contribution is -2.30. The normalized spacial score (nSPS) is 20.4. The first-order chi connectivity index (χ1) is 8.29. The predicted molar refractivity (Wildman–Crippen MR) is 71.6 cm³/mol. The van der Waals surface area contributed by atoms with Crippen molar-refractivity contribution in [2.75, 3.05) is 18.5 Å². The van der Waals surface area contributed by atoms with E-state index in [9.17, 15) is 4.79 Å². The van der Waals surface area contributed by atoms with Gasteiger partial charge in [-0.25, -0.2) is 0 Å². The third kappa shape index (κ3) is 1.73. The lowest BCUT2D eigenvalue weighted by atomic mass is 10.2. The summed E-state index contributed by atoms with van der Waals surface area (Å²) in [6, 6.07) is 8.52. The number of carbonyl (C=O) groups excluding carboxylic acids is 1. The van der Waals surface area contributed by atoms with Crippen LogP contribution >= 0.6 is 11.3 Å². The second kappa shape index (κ2) is 4.13. The van der Waals surface area contributed by atoms with Crippen molar-refractivity contribution in [3.63, 3.8) is 0 Å². The molecule has 1 aliphatic rings. The van der Waals surface area contributed by atoms with Crippen molar-refractivity contribution >= 4 is 33.0 Å². The van der Waals surface area contributed by atoms with Crippen molar-refractivity contribution in [3.05, 3.63) is 29.6 Å². The van der Waals surface area contributed by atoms with Crippen LogP contribution in [0.5, 0.6) is 0 Å². The number of nitrogens with zero attached hydrogens (tertiary/aromatic N) is 1. The van der Waals surface area contributed by atoms with E-state index in [0.29, 0.717) is 6.42 Å². The highest BCUT2D eigenvalue weighted by Crippen LogP contribution is 2.34. The van der Waals surface area contributed by atoms with Crippen LogP contribution in [0.2, 0.25) is 0 Å². The molecule has 1 saturated heterocycles. The van der Waals surface area contributed by atoms with Gasteiger partial charge in [0.25, 0.3) is 0 Å². The zero-order valence-electron chi connectivity index (χ0n) is 9.64. The average molecular weight is 246 g/mol. The summed E-state index contributed by atoms with van der Waals surface area (Å²) in [6.07, 6.45) is 0.598. The van der Waals surface area contributed by atoms with E-state index in [4.69, 9.17) is 0 Å².